The molecular formula is C13H11F5INO. The monoisotopic (exact) mass is 419 g/mol. The van der Waals surface area contributed by atoms with Crippen molar-refractivity contribution in [3.05, 3.63) is 27.8 Å². The maximum atomic E-state index is 13.6. The molecule has 1 amide bonds. The van der Waals surface area contributed by atoms with Crippen molar-refractivity contribution in [1.29, 1.82) is 0 Å². The zero-order valence-corrected chi connectivity index (χ0v) is 12.6. The molecule has 2 rings (SSSR count). The van der Waals surface area contributed by atoms with Crippen molar-refractivity contribution in [3.63, 3.8) is 0 Å². The second-order valence-corrected chi connectivity index (χ2v) is 5.99. The van der Waals surface area contributed by atoms with Gasteiger partial charge in [-0.25, -0.2) is 22.0 Å². The van der Waals surface area contributed by atoms with Crippen LogP contribution in [-0.2, 0) is 4.79 Å². The highest BCUT2D eigenvalue weighted by atomic mass is 127. The molecule has 0 heterocycles. The zero-order chi connectivity index (χ0) is 15.7. The summed E-state index contributed by atoms with van der Waals surface area (Å²) in [6.45, 7) is 0. The Labute approximate surface area is 131 Å². The first kappa shape index (κ1) is 16.4. The smallest absolute Gasteiger partial charge is 0.233 e. The van der Waals surface area contributed by atoms with E-state index in [-0.39, 0.29) is 5.69 Å². The molecule has 0 unspecified atom stereocenters. The Balaban J connectivity index is 2.15. The van der Waals surface area contributed by atoms with E-state index < -0.39 is 42.7 Å². The second-order valence-electron chi connectivity index (χ2n) is 4.74. The first-order valence-corrected chi connectivity index (χ1v) is 7.17. The fraction of sp³-hybridized carbons (Fsp3) is 0.462. The predicted octanol–water partition coefficient (Wildman–Crippen LogP) is 3.55. The summed E-state index contributed by atoms with van der Waals surface area (Å²) in [6.07, 6.45) is -14.1. The molecule has 1 aromatic carbocycles. The quantitative estimate of drug-likeness (QED) is 0.577. The Morgan fingerprint density at radius 2 is 1.29 bits per heavy atom. The highest BCUT2D eigenvalue weighted by molar-refractivity contribution is 14.1. The molecule has 0 aromatic heterocycles. The van der Waals surface area contributed by atoms with Gasteiger partial charge in [-0.1, -0.05) is 0 Å². The molecule has 2 nitrogen and oxygen atoms in total. The van der Waals surface area contributed by atoms with E-state index >= 15 is 0 Å². The molecule has 0 aliphatic heterocycles. The minimum absolute atomic E-state index is 0.230. The third-order valence-electron chi connectivity index (χ3n) is 3.32. The number of carbonyl (C=O) groups is 1. The number of anilines is 1. The normalized spacial score (nSPS) is 36.3. The Morgan fingerprint density at radius 3 is 1.76 bits per heavy atom. The predicted molar refractivity (Wildman–Crippen MR) is 75.8 cm³/mol. The molecule has 1 saturated carbocycles. The molecule has 0 spiro atoms. The van der Waals surface area contributed by atoms with Gasteiger partial charge in [0.1, 0.15) is 18.3 Å². The lowest BCUT2D eigenvalue weighted by atomic mass is 9.81. The summed E-state index contributed by atoms with van der Waals surface area (Å²) in [4.78, 5) is 11.8. The van der Waals surface area contributed by atoms with Gasteiger partial charge >= 0.3 is 0 Å². The Kier molecular flexibility index (Phi) is 5.05. The summed E-state index contributed by atoms with van der Waals surface area (Å²) >= 11 is 2.01. The van der Waals surface area contributed by atoms with Crippen LogP contribution >= 0.6 is 22.6 Å². The van der Waals surface area contributed by atoms with Crippen LogP contribution in [0.2, 0.25) is 0 Å². The van der Waals surface area contributed by atoms with Gasteiger partial charge in [0.05, 0.1) is 0 Å². The van der Waals surface area contributed by atoms with E-state index in [4.69, 9.17) is 0 Å². The summed E-state index contributed by atoms with van der Waals surface area (Å²) in [5.74, 6) is -3.44. The minimum Gasteiger partial charge on any atom is -0.326 e. The lowest BCUT2D eigenvalue weighted by Gasteiger charge is -2.35. The van der Waals surface area contributed by atoms with Crippen LogP contribution in [0.1, 0.15) is 0 Å². The van der Waals surface area contributed by atoms with Gasteiger partial charge in [0.25, 0.3) is 0 Å². The standard InChI is InChI=1S/C13H11F5INO/c14-8-7(9(15)11(17)12(18)10(8)16)13(21)20-6-3-1-5(19)2-4-6/h1-4,7-12H,(H,20,21)/t7?,8-,9-,10-,11-,12?/m0/s1. The van der Waals surface area contributed by atoms with E-state index in [0.29, 0.717) is 0 Å². The third kappa shape index (κ3) is 3.29. The van der Waals surface area contributed by atoms with E-state index in [1.807, 2.05) is 22.6 Å². The number of carbonyl (C=O) groups excluding carboxylic acids is 1. The number of halogens is 6. The van der Waals surface area contributed by atoms with Crippen molar-refractivity contribution in [1.82, 2.24) is 0 Å². The van der Waals surface area contributed by atoms with Gasteiger partial charge in [-0.3, -0.25) is 4.79 Å². The fourth-order valence-electron chi connectivity index (χ4n) is 2.15. The SMILES string of the molecule is O=C(Nc1ccc(I)cc1)C1[C@H](F)[C@H](F)C(F)[C@@H](F)[C@H]1F. The minimum atomic E-state index is -2.91. The number of benzene rings is 1. The molecule has 1 aliphatic rings. The van der Waals surface area contributed by atoms with Crippen molar-refractivity contribution >= 4 is 34.2 Å². The Hall–Kier alpha value is -0.930. The Morgan fingerprint density at radius 1 is 0.857 bits per heavy atom. The van der Waals surface area contributed by atoms with Crippen LogP contribution in [0.5, 0.6) is 0 Å². The molecule has 0 bridgehead atoms. The summed E-state index contributed by atoms with van der Waals surface area (Å²) in [5.41, 5.74) is 0.230. The molecule has 1 aromatic rings. The number of nitrogens with one attached hydrogen (secondary N) is 1. The first-order valence-electron chi connectivity index (χ1n) is 6.09. The summed E-state index contributed by atoms with van der Waals surface area (Å²) in [5, 5.41) is 2.18. The number of hydrogen-bond donors (Lipinski definition) is 1. The van der Waals surface area contributed by atoms with Gasteiger partial charge < -0.3 is 5.32 Å². The molecule has 21 heavy (non-hydrogen) atoms. The molecular weight excluding hydrogens is 408 g/mol. The molecule has 116 valence electrons. The van der Waals surface area contributed by atoms with Gasteiger partial charge in [0, 0.05) is 9.26 Å². The van der Waals surface area contributed by atoms with E-state index in [1.54, 1.807) is 12.1 Å². The second kappa shape index (κ2) is 6.45. The summed E-state index contributed by atoms with van der Waals surface area (Å²) < 4.78 is 67.7. The van der Waals surface area contributed by atoms with Crippen LogP contribution < -0.4 is 5.32 Å². The number of rotatable bonds is 2. The molecule has 0 radical (unpaired) electrons. The van der Waals surface area contributed by atoms with E-state index in [9.17, 15) is 26.7 Å². The van der Waals surface area contributed by atoms with E-state index in [2.05, 4.69) is 5.32 Å². The molecule has 1 aliphatic carbocycles. The van der Waals surface area contributed by atoms with Crippen molar-refractivity contribution in [2.75, 3.05) is 5.32 Å². The van der Waals surface area contributed by atoms with Crippen LogP contribution in [0.15, 0.2) is 24.3 Å². The molecule has 4 atom stereocenters. The van der Waals surface area contributed by atoms with Crippen LogP contribution in [0, 0.1) is 9.49 Å². The lowest BCUT2D eigenvalue weighted by Crippen LogP contribution is -2.56. The number of amides is 1. The number of alkyl halides is 5. The lowest BCUT2D eigenvalue weighted by molar-refractivity contribution is -0.138. The average Bonchev–Trinajstić information content (AvgIpc) is 2.46. The molecule has 1 N–H and O–H groups in total. The van der Waals surface area contributed by atoms with Gasteiger partial charge in [-0.2, -0.15) is 0 Å². The average molecular weight is 419 g/mol. The number of hydrogen-bond acceptors (Lipinski definition) is 1. The van der Waals surface area contributed by atoms with Crippen LogP contribution in [0.4, 0.5) is 27.6 Å². The van der Waals surface area contributed by atoms with Gasteiger partial charge in [-0.15, -0.1) is 0 Å². The third-order valence-corrected chi connectivity index (χ3v) is 4.04. The van der Waals surface area contributed by atoms with E-state index in [1.165, 1.54) is 12.1 Å². The molecule has 1 fully saturated rings. The van der Waals surface area contributed by atoms with Crippen LogP contribution in [-0.4, -0.2) is 36.8 Å². The van der Waals surface area contributed by atoms with Gasteiger partial charge in [0.15, 0.2) is 18.5 Å². The highest BCUT2D eigenvalue weighted by Crippen LogP contribution is 2.36. The maximum absolute atomic E-state index is 13.6. The highest BCUT2D eigenvalue weighted by Gasteiger charge is 2.56. The van der Waals surface area contributed by atoms with Gasteiger partial charge in [-0.05, 0) is 46.9 Å². The van der Waals surface area contributed by atoms with Crippen molar-refractivity contribution in [2.24, 2.45) is 5.92 Å². The summed E-state index contributed by atoms with van der Waals surface area (Å²) in [7, 11) is 0. The molecule has 8 heteroatoms. The maximum Gasteiger partial charge on any atom is 0.233 e. The summed E-state index contributed by atoms with van der Waals surface area (Å²) in [6, 6.07) is 6.20. The largest absolute Gasteiger partial charge is 0.326 e. The molecule has 0 saturated heterocycles. The zero-order valence-electron chi connectivity index (χ0n) is 10.4. The van der Waals surface area contributed by atoms with Crippen molar-refractivity contribution in [2.45, 2.75) is 30.9 Å². The van der Waals surface area contributed by atoms with Crippen LogP contribution in [0.25, 0.3) is 0 Å². The Bertz CT molecular complexity index is 498. The fourth-order valence-corrected chi connectivity index (χ4v) is 2.51. The van der Waals surface area contributed by atoms with Crippen LogP contribution in [0.3, 0.4) is 0 Å². The first-order chi connectivity index (χ1) is 9.82. The van der Waals surface area contributed by atoms with Gasteiger partial charge in [0.2, 0.25) is 5.91 Å². The van der Waals surface area contributed by atoms with E-state index in [0.717, 1.165) is 3.57 Å². The topological polar surface area (TPSA) is 29.1 Å². The van der Waals surface area contributed by atoms with Crippen molar-refractivity contribution in [3.8, 4) is 0 Å². The van der Waals surface area contributed by atoms with Crippen molar-refractivity contribution < 1.29 is 26.7 Å².